The fourth-order valence-electron chi connectivity index (χ4n) is 2.45. The Hall–Kier alpha value is -3.13. The minimum atomic E-state index is -0.507. The van der Waals surface area contributed by atoms with Gasteiger partial charge in [-0.05, 0) is 23.6 Å². The number of non-ortho nitro benzene ring substituents is 1. The van der Waals surface area contributed by atoms with Crippen LogP contribution in [0.25, 0.3) is 0 Å². The Labute approximate surface area is 153 Å². The van der Waals surface area contributed by atoms with Gasteiger partial charge in [0, 0.05) is 24.1 Å². The molecular formula is C18H16N4O3S. The number of amides is 1. The topological polar surface area (TPSA) is 98.0 Å². The average Bonchev–Trinajstić information content (AvgIpc) is 3.09. The molecule has 0 saturated carbocycles. The van der Waals surface area contributed by atoms with Gasteiger partial charge in [-0.15, -0.1) is 10.2 Å². The fraction of sp³-hybridized carbons (Fsp3) is 0.167. The van der Waals surface area contributed by atoms with Crippen molar-refractivity contribution >= 4 is 28.1 Å². The quantitative estimate of drug-likeness (QED) is 0.523. The molecule has 0 fully saturated rings. The molecule has 0 saturated heterocycles. The first-order valence-electron chi connectivity index (χ1n) is 7.96. The Morgan fingerprint density at radius 2 is 1.85 bits per heavy atom. The highest BCUT2D eigenvalue weighted by Crippen LogP contribution is 2.24. The lowest BCUT2D eigenvalue weighted by Gasteiger charge is -2.08. The summed E-state index contributed by atoms with van der Waals surface area (Å²) < 4.78 is 0. The number of nitro groups is 1. The van der Waals surface area contributed by atoms with Gasteiger partial charge in [0.2, 0.25) is 5.13 Å². The number of anilines is 1. The second-order valence-electron chi connectivity index (χ2n) is 5.77. The number of carbonyl (C=O) groups is 1. The van der Waals surface area contributed by atoms with Crippen LogP contribution in [0.15, 0.2) is 54.6 Å². The Kier molecular flexibility index (Phi) is 5.33. The third-order valence-electron chi connectivity index (χ3n) is 3.88. The van der Waals surface area contributed by atoms with E-state index in [1.54, 1.807) is 0 Å². The Morgan fingerprint density at radius 3 is 2.50 bits per heavy atom. The van der Waals surface area contributed by atoms with E-state index in [1.165, 1.54) is 41.2 Å². The molecule has 0 aliphatic heterocycles. The van der Waals surface area contributed by atoms with E-state index in [2.05, 4.69) is 34.6 Å². The SMILES string of the molecule is CC(Cc1nnc(NC(=O)c2ccc([N+](=O)[O-])cc2)s1)c1ccccc1. The molecule has 3 aromatic rings. The van der Waals surface area contributed by atoms with Crippen molar-refractivity contribution in [1.82, 2.24) is 10.2 Å². The molecule has 0 bridgehead atoms. The van der Waals surface area contributed by atoms with Crippen LogP contribution in [0.3, 0.4) is 0 Å². The van der Waals surface area contributed by atoms with Crippen LogP contribution in [-0.2, 0) is 6.42 Å². The summed E-state index contributed by atoms with van der Waals surface area (Å²) in [5.74, 6) is -0.0823. The fourth-order valence-corrected chi connectivity index (χ4v) is 3.32. The van der Waals surface area contributed by atoms with E-state index in [-0.39, 0.29) is 11.6 Å². The number of hydrogen-bond acceptors (Lipinski definition) is 6. The van der Waals surface area contributed by atoms with E-state index < -0.39 is 4.92 Å². The maximum atomic E-state index is 12.2. The minimum absolute atomic E-state index is 0.0605. The molecule has 1 amide bonds. The highest BCUT2D eigenvalue weighted by Gasteiger charge is 2.14. The highest BCUT2D eigenvalue weighted by molar-refractivity contribution is 7.15. The molecule has 1 aromatic heterocycles. The summed E-state index contributed by atoms with van der Waals surface area (Å²) in [5.41, 5.74) is 1.49. The van der Waals surface area contributed by atoms with Crippen LogP contribution < -0.4 is 5.32 Å². The van der Waals surface area contributed by atoms with Gasteiger partial charge in [-0.2, -0.15) is 0 Å². The van der Waals surface area contributed by atoms with Crippen molar-refractivity contribution in [2.24, 2.45) is 0 Å². The van der Waals surface area contributed by atoms with E-state index in [9.17, 15) is 14.9 Å². The first-order valence-corrected chi connectivity index (χ1v) is 8.77. The summed E-state index contributed by atoms with van der Waals surface area (Å²) in [6.45, 7) is 2.12. The summed E-state index contributed by atoms with van der Waals surface area (Å²) in [6, 6.07) is 15.5. The van der Waals surface area contributed by atoms with Gasteiger partial charge in [0.1, 0.15) is 5.01 Å². The predicted molar refractivity (Wildman–Crippen MR) is 99.5 cm³/mol. The van der Waals surface area contributed by atoms with Crippen molar-refractivity contribution in [3.05, 3.63) is 80.8 Å². The summed E-state index contributed by atoms with van der Waals surface area (Å²) in [6.07, 6.45) is 0.731. The standard InChI is InChI=1S/C18H16N4O3S/c1-12(13-5-3-2-4-6-13)11-16-20-21-18(26-16)19-17(23)14-7-9-15(10-8-14)22(24)25/h2-10,12H,11H2,1H3,(H,19,21,23). The van der Waals surface area contributed by atoms with Crippen LogP contribution in [0, 0.1) is 10.1 Å². The van der Waals surface area contributed by atoms with E-state index in [0.29, 0.717) is 16.6 Å². The molecule has 1 atom stereocenters. The van der Waals surface area contributed by atoms with Crippen LogP contribution in [0.5, 0.6) is 0 Å². The number of aromatic nitrogens is 2. The van der Waals surface area contributed by atoms with Crippen LogP contribution in [0.1, 0.15) is 33.8 Å². The average molecular weight is 368 g/mol. The molecule has 7 nitrogen and oxygen atoms in total. The number of benzene rings is 2. The van der Waals surface area contributed by atoms with E-state index in [0.717, 1.165) is 11.4 Å². The van der Waals surface area contributed by atoms with Gasteiger partial charge in [-0.3, -0.25) is 20.2 Å². The highest BCUT2D eigenvalue weighted by atomic mass is 32.1. The molecule has 0 aliphatic carbocycles. The van der Waals surface area contributed by atoms with Crippen LogP contribution in [-0.4, -0.2) is 21.0 Å². The first kappa shape index (κ1) is 17.7. The van der Waals surface area contributed by atoms with Gasteiger partial charge < -0.3 is 0 Å². The zero-order valence-electron chi connectivity index (χ0n) is 14.0. The van der Waals surface area contributed by atoms with E-state index in [4.69, 9.17) is 0 Å². The Balaban J connectivity index is 1.62. The van der Waals surface area contributed by atoms with Gasteiger partial charge >= 0.3 is 0 Å². The van der Waals surface area contributed by atoms with Crippen LogP contribution in [0.2, 0.25) is 0 Å². The molecule has 8 heteroatoms. The lowest BCUT2D eigenvalue weighted by Crippen LogP contribution is -2.11. The predicted octanol–water partition coefficient (Wildman–Crippen LogP) is 4.04. The summed E-state index contributed by atoms with van der Waals surface area (Å²) >= 11 is 1.32. The number of nitrogens with one attached hydrogen (secondary N) is 1. The van der Waals surface area contributed by atoms with Crippen molar-refractivity contribution in [3.8, 4) is 0 Å². The third-order valence-corrected chi connectivity index (χ3v) is 4.74. The van der Waals surface area contributed by atoms with Gasteiger partial charge in [0.25, 0.3) is 11.6 Å². The van der Waals surface area contributed by atoms with Crippen LogP contribution >= 0.6 is 11.3 Å². The summed E-state index contributed by atoms with van der Waals surface area (Å²) in [5, 5.41) is 22.7. The third kappa shape index (κ3) is 4.28. The van der Waals surface area contributed by atoms with E-state index in [1.807, 2.05) is 18.2 Å². The smallest absolute Gasteiger partial charge is 0.269 e. The maximum Gasteiger partial charge on any atom is 0.269 e. The molecule has 2 aromatic carbocycles. The van der Waals surface area contributed by atoms with Gasteiger partial charge in [0.05, 0.1) is 4.92 Å². The monoisotopic (exact) mass is 368 g/mol. The normalized spacial score (nSPS) is 11.7. The molecule has 0 spiro atoms. The van der Waals surface area contributed by atoms with Crippen molar-refractivity contribution < 1.29 is 9.72 Å². The van der Waals surface area contributed by atoms with Crippen LogP contribution in [0.4, 0.5) is 10.8 Å². The van der Waals surface area contributed by atoms with Gasteiger partial charge in [0.15, 0.2) is 0 Å². The van der Waals surface area contributed by atoms with E-state index >= 15 is 0 Å². The van der Waals surface area contributed by atoms with Crippen molar-refractivity contribution in [2.75, 3.05) is 5.32 Å². The Bertz CT molecular complexity index is 910. The second-order valence-corrected chi connectivity index (χ2v) is 6.84. The molecule has 1 unspecified atom stereocenters. The number of carbonyl (C=O) groups excluding carboxylic acids is 1. The van der Waals surface area contributed by atoms with Gasteiger partial charge in [-0.1, -0.05) is 48.6 Å². The summed E-state index contributed by atoms with van der Waals surface area (Å²) in [7, 11) is 0. The molecular weight excluding hydrogens is 352 g/mol. The lowest BCUT2D eigenvalue weighted by atomic mass is 9.98. The zero-order valence-corrected chi connectivity index (χ0v) is 14.8. The van der Waals surface area contributed by atoms with Gasteiger partial charge in [-0.25, -0.2) is 0 Å². The van der Waals surface area contributed by atoms with Crippen molar-refractivity contribution in [1.29, 1.82) is 0 Å². The summed E-state index contributed by atoms with van der Waals surface area (Å²) in [4.78, 5) is 22.4. The second kappa shape index (κ2) is 7.83. The lowest BCUT2D eigenvalue weighted by molar-refractivity contribution is -0.384. The van der Waals surface area contributed by atoms with Crippen molar-refractivity contribution in [2.45, 2.75) is 19.3 Å². The molecule has 3 rings (SSSR count). The minimum Gasteiger partial charge on any atom is -0.296 e. The molecule has 1 heterocycles. The molecule has 0 aliphatic rings. The number of nitrogens with zero attached hydrogens (tertiary/aromatic N) is 3. The largest absolute Gasteiger partial charge is 0.296 e. The molecule has 26 heavy (non-hydrogen) atoms. The number of nitro benzene ring substituents is 1. The molecule has 1 N–H and O–H groups in total. The molecule has 132 valence electrons. The first-order chi connectivity index (χ1) is 12.5. The number of hydrogen-bond donors (Lipinski definition) is 1. The maximum absolute atomic E-state index is 12.2. The molecule has 0 radical (unpaired) electrons. The zero-order chi connectivity index (χ0) is 18.5. The van der Waals surface area contributed by atoms with Crippen molar-refractivity contribution in [3.63, 3.8) is 0 Å². The number of rotatable bonds is 6. The Morgan fingerprint density at radius 1 is 1.15 bits per heavy atom.